The lowest BCUT2D eigenvalue weighted by Crippen LogP contribution is -2.30. The Morgan fingerprint density at radius 3 is 2.82 bits per heavy atom. The molecule has 0 amide bonds. The Kier molecular flexibility index (Phi) is 4.39. The fraction of sp³-hybridized carbons (Fsp3) is 0.455. The van der Waals surface area contributed by atoms with Crippen molar-refractivity contribution in [2.45, 2.75) is 13.0 Å². The summed E-state index contributed by atoms with van der Waals surface area (Å²) < 4.78 is 12.9. The summed E-state index contributed by atoms with van der Waals surface area (Å²) in [5.74, 6) is -1.67. The summed E-state index contributed by atoms with van der Waals surface area (Å²) >= 11 is 0. The van der Waals surface area contributed by atoms with E-state index in [-0.39, 0.29) is 17.4 Å². The number of aromatic nitrogens is 1. The first-order valence-corrected chi connectivity index (χ1v) is 5.20. The topological polar surface area (TPSA) is 65.5 Å². The highest BCUT2D eigenvalue weighted by molar-refractivity contribution is 5.93. The maximum atomic E-state index is 12.9. The molecule has 0 saturated carbocycles. The molecule has 6 heteroatoms. The van der Waals surface area contributed by atoms with E-state index < -0.39 is 11.8 Å². The molecular weight excluding hydrogens is 225 g/mol. The molecule has 1 aromatic heterocycles. The number of rotatable bonds is 5. The molecular formula is C11H16FN3O2. The summed E-state index contributed by atoms with van der Waals surface area (Å²) in [4.78, 5) is 16.6. The van der Waals surface area contributed by atoms with Crippen molar-refractivity contribution in [2.24, 2.45) is 0 Å². The summed E-state index contributed by atoms with van der Waals surface area (Å²) in [6.45, 7) is 2.62. The largest absolute Gasteiger partial charge is 0.478 e. The van der Waals surface area contributed by atoms with Gasteiger partial charge in [-0.2, -0.15) is 0 Å². The molecule has 1 heterocycles. The predicted molar refractivity (Wildman–Crippen MR) is 62.8 cm³/mol. The number of hydrogen-bond acceptors (Lipinski definition) is 4. The van der Waals surface area contributed by atoms with Crippen LogP contribution in [0.15, 0.2) is 12.3 Å². The minimum absolute atomic E-state index is 0.0149. The Morgan fingerprint density at radius 2 is 2.29 bits per heavy atom. The third-order valence-corrected chi connectivity index (χ3v) is 2.11. The van der Waals surface area contributed by atoms with E-state index in [4.69, 9.17) is 5.11 Å². The average molecular weight is 241 g/mol. The van der Waals surface area contributed by atoms with Crippen LogP contribution in [0.5, 0.6) is 0 Å². The molecule has 94 valence electrons. The SMILES string of the molecule is CC(CN(C)C)Nc1ncc(F)cc1C(=O)O. The molecule has 1 atom stereocenters. The zero-order chi connectivity index (χ0) is 13.0. The number of nitrogens with zero attached hydrogens (tertiary/aromatic N) is 2. The van der Waals surface area contributed by atoms with E-state index in [1.165, 1.54) is 0 Å². The fourth-order valence-electron chi connectivity index (χ4n) is 1.54. The highest BCUT2D eigenvalue weighted by Crippen LogP contribution is 2.14. The van der Waals surface area contributed by atoms with Crippen LogP contribution >= 0.6 is 0 Å². The van der Waals surface area contributed by atoms with E-state index in [1.54, 1.807) is 0 Å². The van der Waals surface area contributed by atoms with E-state index >= 15 is 0 Å². The molecule has 0 aliphatic carbocycles. The number of carboxylic acid groups (broad SMARTS) is 1. The zero-order valence-electron chi connectivity index (χ0n) is 10.1. The minimum atomic E-state index is -1.20. The molecule has 0 aliphatic heterocycles. The molecule has 0 aliphatic rings. The molecule has 0 radical (unpaired) electrons. The highest BCUT2D eigenvalue weighted by Gasteiger charge is 2.14. The summed E-state index contributed by atoms with van der Waals surface area (Å²) in [5, 5.41) is 11.9. The standard InChI is InChI=1S/C11H16FN3O2/c1-7(6-15(2)3)14-10-9(11(16)17)4-8(12)5-13-10/h4-5,7H,6H2,1-3H3,(H,13,14)(H,16,17). The molecule has 5 nitrogen and oxygen atoms in total. The van der Waals surface area contributed by atoms with Crippen LogP contribution in [0, 0.1) is 5.82 Å². The number of carboxylic acids is 1. The van der Waals surface area contributed by atoms with Gasteiger partial charge in [0.15, 0.2) is 0 Å². The monoisotopic (exact) mass is 241 g/mol. The van der Waals surface area contributed by atoms with Gasteiger partial charge < -0.3 is 15.3 Å². The number of anilines is 1. The van der Waals surface area contributed by atoms with Gasteiger partial charge in [-0.1, -0.05) is 0 Å². The Bertz CT molecular complexity index is 410. The van der Waals surface area contributed by atoms with Crippen LogP contribution in [0.1, 0.15) is 17.3 Å². The molecule has 0 spiro atoms. The van der Waals surface area contributed by atoms with Gasteiger partial charge in [0, 0.05) is 12.6 Å². The molecule has 0 bridgehead atoms. The van der Waals surface area contributed by atoms with Crippen LogP contribution < -0.4 is 5.32 Å². The summed E-state index contributed by atoms with van der Waals surface area (Å²) in [6.07, 6.45) is 0.997. The van der Waals surface area contributed by atoms with Crippen LogP contribution in [0.25, 0.3) is 0 Å². The van der Waals surface area contributed by atoms with Gasteiger partial charge in [-0.3, -0.25) is 0 Å². The predicted octanol–water partition coefficient (Wildman–Crippen LogP) is 1.28. The summed E-state index contributed by atoms with van der Waals surface area (Å²) in [7, 11) is 3.82. The molecule has 2 N–H and O–H groups in total. The zero-order valence-corrected chi connectivity index (χ0v) is 10.1. The second kappa shape index (κ2) is 5.58. The Labute approximate surface area is 99.3 Å². The Hall–Kier alpha value is -1.69. The van der Waals surface area contributed by atoms with E-state index in [2.05, 4.69) is 10.3 Å². The van der Waals surface area contributed by atoms with Crippen molar-refractivity contribution >= 4 is 11.8 Å². The van der Waals surface area contributed by atoms with Gasteiger partial charge in [0.1, 0.15) is 17.2 Å². The van der Waals surface area contributed by atoms with E-state index in [1.807, 2.05) is 25.9 Å². The first kappa shape index (κ1) is 13.4. The first-order valence-electron chi connectivity index (χ1n) is 5.20. The smallest absolute Gasteiger partial charge is 0.339 e. The number of hydrogen-bond donors (Lipinski definition) is 2. The maximum Gasteiger partial charge on any atom is 0.339 e. The number of carbonyl (C=O) groups is 1. The lowest BCUT2D eigenvalue weighted by atomic mass is 10.2. The fourth-order valence-corrected chi connectivity index (χ4v) is 1.54. The van der Waals surface area contributed by atoms with Crippen molar-refractivity contribution in [3.63, 3.8) is 0 Å². The van der Waals surface area contributed by atoms with Gasteiger partial charge in [-0.15, -0.1) is 0 Å². The third-order valence-electron chi connectivity index (χ3n) is 2.11. The quantitative estimate of drug-likeness (QED) is 0.813. The second-order valence-corrected chi connectivity index (χ2v) is 4.16. The van der Waals surface area contributed by atoms with Crippen LogP contribution in [-0.2, 0) is 0 Å². The maximum absolute atomic E-state index is 12.9. The Morgan fingerprint density at radius 1 is 1.65 bits per heavy atom. The van der Waals surface area contributed by atoms with Crippen molar-refractivity contribution < 1.29 is 14.3 Å². The van der Waals surface area contributed by atoms with Crippen molar-refractivity contribution in [2.75, 3.05) is 26.0 Å². The van der Waals surface area contributed by atoms with Crippen LogP contribution in [0.4, 0.5) is 10.2 Å². The molecule has 0 fully saturated rings. The molecule has 0 saturated heterocycles. The van der Waals surface area contributed by atoms with Crippen molar-refractivity contribution in [1.82, 2.24) is 9.88 Å². The third kappa shape index (κ3) is 3.99. The number of aromatic carboxylic acids is 1. The first-order chi connectivity index (χ1) is 7.90. The van der Waals surface area contributed by atoms with Crippen molar-refractivity contribution in [1.29, 1.82) is 0 Å². The lowest BCUT2D eigenvalue weighted by molar-refractivity contribution is 0.0697. The highest BCUT2D eigenvalue weighted by atomic mass is 19.1. The second-order valence-electron chi connectivity index (χ2n) is 4.16. The minimum Gasteiger partial charge on any atom is -0.478 e. The van der Waals surface area contributed by atoms with Gasteiger partial charge in [0.25, 0.3) is 0 Å². The van der Waals surface area contributed by atoms with Crippen LogP contribution in [0.2, 0.25) is 0 Å². The Balaban J connectivity index is 2.86. The average Bonchev–Trinajstić information content (AvgIpc) is 2.19. The van der Waals surface area contributed by atoms with Gasteiger partial charge in [0.2, 0.25) is 0 Å². The number of halogens is 1. The number of likely N-dealkylation sites (N-methyl/N-ethyl adjacent to an activating group) is 1. The van der Waals surface area contributed by atoms with Crippen LogP contribution in [0.3, 0.4) is 0 Å². The van der Waals surface area contributed by atoms with E-state index in [0.717, 1.165) is 18.8 Å². The normalized spacial score (nSPS) is 12.5. The molecule has 1 unspecified atom stereocenters. The van der Waals surface area contributed by atoms with Crippen molar-refractivity contribution in [3.8, 4) is 0 Å². The van der Waals surface area contributed by atoms with Crippen molar-refractivity contribution in [3.05, 3.63) is 23.6 Å². The van der Waals surface area contributed by atoms with Gasteiger partial charge in [-0.25, -0.2) is 14.2 Å². The van der Waals surface area contributed by atoms with E-state index in [0.29, 0.717) is 0 Å². The number of nitrogens with one attached hydrogen (secondary N) is 1. The van der Waals surface area contributed by atoms with Gasteiger partial charge in [0.05, 0.1) is 6.20 Å². The summed E-state index contributed by atoms with van der Waals surface area (Å²) in [5.41, 5.74) is -0.157. The van der Waals surface area contributed by atoms with E-state index in [9.17, 15) is 9.18 Å². The molecule has 1 rings (SSSR count). The molecule has 1 aromatic rings. The molecule has 0 aromatic carbocycles. The van der Waals surface area contributed by atoms with Gasteiger partial charge in [-0.05, 0) is 27.1 Å². The lowest BCUT2D eigenvalue weighted by Gasteiger charge is -2.19. The number of pyridine rings is 1. The van der Waals surface area contributed by atoms with Crippen LogP contribution in [-0.4, -0.2) is 47.6 Å². The summed E-state index contributed by atoms with van der Waals surface area (Å²) in [6, 6.07) is 0.973. The van der Waals surface area contributed by atoms with Gasteiger partial charge >= 0.3 is 5.97 Å². The molecule has 17 heavy (non-hydrogen) atoms.